The molecule has 0 aliphatic carbocycles. The van der Waals surface area contributed by atoms with Crippen LogP contribution in [0.2, 0.25) is 0 Å². The molecule has 1 fully saturated rings. The van der Waals surface area contributed by atoms with Crippen molar-refractivity contribution in [1.29, 1.82) is 5.26 Å². The molecule has 1 aliphatic rings. The number of hydrogen-bond donors (Lipinski definition) is 2. The Morgan fingerprint density at radius 1 is 1.02 bits per heavy atom. The standard InChI is InChI=1S/C35H47N7O/c1-41(25-18-33(31-14-4-2-5-15-31)34-17-6-7-19-37-34)22-11-20-38-35(40-29-36)39-21-12-26-43-32-16-10-13-30(27-32)28-42-23-8-3-9-24-42/h2,4-7,10,13-17,19,27,33H,3,8-9,11-12,18,20-26,28H2,1H3,(H2,38,39,40). The smallest absolute Gasteiger partial charge is 0.204 e. The maximum Gasteiger partial charge on any atom is 0.204 e. The predicted octanol–water partition coefficient (Wildman–Crippen LogP) is 5.40. The van der Waals surface area contributed by atoms with Gasteiger partial charge in [0.05, 0.1) is 6.61 Å². The predicted molar refractivity (Wildman–Crippen MR) is 174 cm³/mol. The van der Waals surface area contributed by atoms with Crippen molar-refractivity contribution in [3.05, 3.63) is 95.8 Å². The molecule has 4 rings (SSSR count). The van der Waals surface area contributed by atoms with Gasteiger partial charge in [0, 0.05) is 43.9 Å². The monoisotopic (exact) mass is 581 g/mol. The zero-order valence-corrected chi connectivity index (χ0v) is 25.6. The molecule has 1 atom stereocenters. The Bertz CT molecular complexity index is 1220. The third-order valence-electron chi connectivity index (χ3n) is 7.82. The number of ether oxygens (including phenoxy) is 1. The number of nitriles is 1. The topological polar surface area (TPSA) is 88.8 Å². The fraction of sp³-hybridized carbons (Fsp3) is 0.457. The first-order chi connectivity index (χ1) is 21.2. The van der Waals surface area contributed by atoms with Gasteiger partial charge in [0.25, 0.3) is 0 Å². The molecule has 8 heteroatoms. The summed E-state index contributed by atoms with van der Waals surface area (Å²) in [5.74, 6) is 1.70. The van der Waals surface area contributed by atoms with Crippen LogP contribution in [0.25, 0.3) is 0 Å². The molecule has 8 nitrogen and oxygen atoms in total. The van der Waals surface area contributed by atoms with E-state index >= 15 is 0 Å². The molecule has 228 valence electrons. The van der Waals surface area contributed by atoms with Gasteiger partial charge in [-0.2, -0.15) is 5.26 Å². The Morgan fingerprint density at radius 3 is 2.65 bits per heavy atom. The van der Waals surface area contributed by atoms with Crippen LogP contribution >= 0.6 is 0 Å². The van der Waals surface area contributed by atoms with Crippen LogP contribution in [0.4, 0.5) is 0 Å². The van der Waals surface area contributed by atoms with Crippen LogP contribution in [0.15, 0.2) is 84.0 Å². The maximum atomic E-state index is 9.16. The van der Waals surface area contributed by atoms with Gasteiger partial charge in [-0.25, -0.2) is 0 Å². The third-order valence-corrected chi connectivity index (χ3v) is 7.82. The van der Waals surface area contributed by atoms with Crippen LogP contribution in [0.1, 0.15) is 61.3 Å². The molecule has 0 spiro atoms. The summed E-state index contributed by atoms with van der Waals surface area (Å²) in [6.45, 7) is 7.19. The van der Waals surface area contributed by atoms with Gasteiger partial charge in [0.2, 0.25) is 5.96 Å². The van der Waals surface area contributed by atoms with Gasteiger partial charge in [-0.05, 0) is 94.3 Å². The lowest BCUT2D eigenvalue weighted by Crippen LogP contribution is -2.36. The molecule has 2 heterocycles. The molecule has 2 N–H and O–H groups in total. The molecule has 43 heavy (non-hydrogen) atoms. The van der Waals surface area contributed by atoms with Crippen LogP contribution in [-0.4, -0.2) is 73.7 Å². The highest BCUT2D eigenvalue weighted by molar-refractivity contribution is 5.81. The first-order valence-electron chi connectivity index (χ1n) is 15.7. The van der Waals surface area contributed by atoms with Crippen molar-refractivity contribution in [2.45, 2.75) is 51.0 Å². The summed E-state index contributed by atoms with van der Waals surface area (Å²) in [6, 6.07) is 25.2. The van der Waals surface area contributed by atoms with Crippen LogP contribution in [0.5, 0.6) is 5.75 Å². The van der Waals surface area contributed by atoms with Crippen molar-refractivity contribution in [2.24, 2.45) is 4.99 Å². The highest BCUT2D eigenvalue weighted by Gasteiger charge is 2.16. The van der Waals surface area contributed by atoms with E-state index in [0.29, 0.717) is 19.1 Å². The molecule has 3 aromatic rings. The second-order valence-electron chi connectivity index (χ2n) is 11.2. The number of aliphatic imine (C=N–C) groups is 1. The lowest BCUT2D eigenvalue weighted by atomic mass is 9.92. The normalized spacial score (nSPS) is 14.7. The second-order valence-corrected chi connectivity index (χ2v) is 11.2. The lowest BCUT2D eigenvalue weighted by molar-refractivity contribution is 0.220. The van der Waals surface area contributed by atoms with E-state index in [4.69, 9.17) is 10.00 Å². The molecule has 1 aliphatic heterocycles. The Hall–Kier alpha value is -3.93. The van der Waals surface area contributed by atoms with E-state index in [1.807, 2.05) is 24.5 Å². The number of benzene rings is 2. The summed E-state index contributed by atoms with van der Waals surface area (Å²) >= 11 is 0. The van der Waals surface area contributed by atoms with Gasteiger partial charge in [-0.3, -0.25) is 20.2 Å². The number of guanidine groups is 1. The van der Waals surface area contributed by atoms with Gasteiger partial charge in [0.15, 0.2) is 6.19 Å². The minimum absolute atomic E-state index is 0.272. The number of pyridine rings is 1. The number of aromatic nitrogens is 1. The average Bonchev–Trinajstić information content (AvgIpc) is 3.04. The number of hydrogen-bond acceptors (Lipinski definition) is 6. The average molecular weight is 582 g/mol. The minimum atomic E-state index is 0.272. The van der Waals surface area contributed by atoms with Crippen LogP contribution in [0, 0.1) is 11.5 Å². The van der Waals surface area contributed by atoms with E-state index in [2.05, 4.69) is 98.1 Å². The number of likely N-dealkylation sites (tertiary alicyclic amines) is 1. The zero-order chi connectivity index (χ0) is 30.0. The summed E-state index contributed by atoms with van der Waals surface area (Å²) < 4.78 is 6.00. The van der Waals surface area contributed by atoms with Gasteiger partial charge >= 0.3 is 0 Å². The number of nitrogens with one attached hydrogen (secondary N) is 2. The molecule has 1 unspecified atom stereocenters. The summed E-state index contributed by atoms with van der Waals surface area (Å²) in [6.07, 6.45) is 10.5. The first kappa shape index (κ1) is 32.0. The van der Waals surface area contributed by atoms with Crippen molar-refractivity contribution in [3.63, 3.8) is 0 Å². The molecule has 1 saturated heterocycles. The Balaban J connectivity index is 1.13. The van der Waals surface area contributed by atoms with Gasteiger partial charge in [-0.1, -0.05) is 55.0 Å². The fourth-order valence-corrected chi connectivity index (χ4v) is 5.52. The molecule has 0 bridgehead atoms. The van der Waals surface area contributed by atoms with Crippen LogP contribution < -0.4 is 15.4 Å². The quantitative estimate of drug-likeness (QED) is 0.0770. The molecule has 0 radical (unpaired) electrons. The highest BCUT2D eigenvalue weighted by Crippen LogP contribution is 2.26. The largest absolute Gasteiger partial charge is 0.494 e. The van der Waals surface area contributed by atoms with Crippen molar-refractivity contribution < 1.29 is 4.74 Å². The summed E-state index contributed by atoms with van der Waals surface area (Å²) in [4.78, 5) is 14.1. The van der Waals surface area contributed by atoms with Gasteiger partial charge in [-0.15, -0.1) is 0 Å². The second kappa shape index (κ2) is 18.6. The third kappa shape index (κ3) is 11.7. The van der Waals surface area contributed by atoms with E-state index in [-0.39, 0.29) is 5.92 Å². The SMILES string of the molecule is CN(CCCN/C(=N/CCCOc1cccc(CN2CCCCC2)c1)NC#N)CCC(c1ccccc1)c1ccccn1. The van der Waals surface area contributed by atoms with Crippen molar-refractivity contribution in [2.75, 3.05) is 52.9 Å². The summed E-state index contributed by atoms with van der Waals surface area (Å²) in [5, 5.41) is 15.1. The molecular formula is C35H47N7O. The first-order valence-corrected chi connectivity index (χ1v) is 15.7. The van der Waals surface area contributed by atoms with Crippen LogP contribution in [0.3, 0.4) is 0 Å². The van der Waals surface area contributed by atoms with E-state index in [0.717, 1.165) is 56.9 Å². The Labute approximate surface area is 257 Å². The zero-order valence-electron chi connectivity index (χ0n) is 25.6. The fourth-order valence-electron chi connectivity index (χ4n) is 5.52. The lowest BCUT2D eigenvalue weighted by Gasteiger charge is -2.26. The molecule has 0 amide bonds. The molecule has 1 aromatic heterocycles. The van der Waals surface area contributed by atoms with E-state index in [1.54, 1.807) is 0 Å². The molecule has 2 aromatic carbocycles. The molecule has 0 saturated carbocycles. The summed E-state index contributed by atoms with van der Waals surface area (Å²) in [5.41, 5.74) is 3.71. The van der Waals surface area contributed by atoms with Crippen LogP contribution in [-0.2, 0) is 6.54 Å². The number of nitrogens with zero attached hydrogens (tertiary/aromatic N) is 5. The maximum absolute atomic E-state index is 9.16. The van der Waals surface area contributed by atoms with E-state index in [9.17, 15) is 0 Å². The number of rotatable bonds is 16. The van der Waals surface area contributed by atoms with Gasteiger partial charge in [0.1, 0.15) is 5.75 Å². The van der Waals surface area contributed by atoms with E-state index < -0.39 is 0 Å². The number of piperidine rings is 1. The van der Waals surface area contributed by atoms with Crippen molar-refractivity contribution >= 4 is 5.96 Å². The van der Waals surface area contributed by atoms with Crippen molar-refractivity contribution in [3.8, 4) is 11.9 Å². The summed E-state index contributed by atoms with van der Waals surface area (Å²) in [7, 11) is 2.16. The van der Waals surface area contributed by atoms with Crippen molar-refractivity contribution in [1.82, 2.24) is 25.4 Å². The Kier molecular flexibility index (Phi) is 13.8. The van der Waals surface area contributed by atoms with Gasteiger partial charge < -0.3 is 15.0 Å². The minimum Gasteiger partial charge on any atom is -0.494 e. The molecular weight excluding hydrogens is 534 g/mol. The Morgan fingerprint density at radius 2 is 1.86 bits per heavy atom. The highest BCUT2D eigenvalue weighted by atomic mass is 16.5. The van der Waals surface area contributed by atoms with E-state index in [1.165, 1.54) is 43.5 Å².